The molecule has 1 saturated carbocycles. The maximum Gasteiger partial charge on any atom is 0.233 e. The van der Waals surface area contributed by atoms with Crippen molar-refractivity contribution < 1.29 is 0 Å². The number of fused-ring (bicyclic) bond motifs is 1. The van der Waals surface area contributed by atoms with Crippen molar-refractivity contribution in [2.24, 2.45) is 5.73 Å². The molecule has 4 nitrogen and oxygen atoms in total. The summed E-state index contributed by atoms with van der Waals surface area (Å²) in [6.07, 6.45) is 9.99. The molecule has 0 saturated heterocycles. The van der Waals surface area contributed by atoms with Crippen molar-refractivity contribution >= 4 is 5.78 Å². The van der Waals surface area contributed by atoms with E-state index in [9.17, 15) is 0 Å². The topological polar surface area (TPSA) is 56.2 Å². The summed E-state index contributed by atoms with van der Waals surface area (Å²) in [6.45, 7) is 0. The first-order chi connectivity index (χ1) is 7.25. The molecule has 1 aliphatic carbocycles. The Hall–Kier alpha value is -1.42. The van der Waals surface area contributed by atoms with Crippen molar-refractivity contribution in [2.75, 3.05) is 0 Å². The van der Waals surface area contributed by atoms with Gasteiger partial charge in [-0.05, 0) is 31.7 Å². The van der Waals surface area contributed by atoms with Crippen LogP contribution in [0.1, 0.15) is 25.0 Å². The van der Waals surface area contributed by atoms with Gasteiger partial charge in [-0.3, -0.25) is 4.40 Å². The highest BCUT2D eigenvalue weighted by Gasteiger charge is 2.37. The molecule has 3 rings (SSSR count). The number of aryl methyl sites for hydroxylation is 1. The summed E-state index contributed by atoms with van der Waals surface area (Å²) < 4.78 is 1.92. The lowest BCUT2D eigenvalue weighted by Gasteiger charge is -2.07. The van der Waals surface area contributed by atoms with Crippen molar-refractivity contribution in [1.82, 2.24) is 14.4 Å². The fraction of sp³-hybridized carbons (Fsp3) is 0.455. The van der Waals surface area contributed by atoms with E-state index in [1.807, 2.05) is 22.9 Å². The lowest BCUT2D eigenvalue weighted by Crippen LogP contribution is -2.22. The molecule has 1 aliphatic rings. The molecule has 4 heteroatoms. The highest BCUT2D eigenvalue weighted by molar-refractivity contribution is 5.28. The highest BCUT2D eigenvalue weighted by Crippen LogP contribution is 2.36. The standard InChI is InChI=1S/C11H14N4/c12-11(4-5-11)3-1-9-2-7-15-8-6-13-10(15)14-9/h2,6-8H,1,3-5,12H2. The van der Waals surface area contributed by atoms with Gasteiger partial charge in [0.1, 0.15) is 0 Å². The second kappa shape index (κ2) is 3.03. The third kappa shape index (κ3) is 1.72. The van der Waals surface area contributed by atoms with Crippen LogP contribution in [0, 0.1) is 0 Å². The molecule has 2 aromatic heterocycles. The first-order valence-electron chi connectivity index (χ1n) is 5.33. The summed E-state index contributed by atoms with van der Waals surface area (Å²) in [5.41, 5.74) is 7.24. The van der Waals surface area contributed by atoms with Crippen LogP contribution in [0.25, 0.3) is 5.78 Å². The van der Waals surface area contributed by atoms with Crippen molar-refractivity contribution in [3.8, 4) is 0 Å². The third-order valence-electron chi connectivity index (χ3n) is 3.09. The molecule has 0 amide bonds. The summed E-state index contributed by atoms with van der Waals surface area (Å²) in [4.78, 5) is 8.62. The van der Waals surface area contributed by atoms with E-state index in [1.54, 1.807) is 6.20 Å². The summed E-state index contributed by atoms with van der Waals surface area (Å²) >= 11 is 0. The Morgan fingerprint density at radius 1 is 1.40 bits per heavy atom. The average Bonchev–Trinajstić information content (AvgIpc) is 2.80. The summed E-state index contributed by atoms with van der Waals surface area (Å²) in [5, 5.41) is 0. The largest absolute Gasteiger partial charge is 0.325 e. The molecule has 2 aromatic rings. The highest BCUT2D eigenvalue weighted by atomic mass is 15.1. The quantitative estimate of drug-likeness (QED) is 0.812. The Kier molecular flexibility index (Phi) is 1.79. The van der Waals surface area contributed by atoms with Crippen LogP contribution in [0.3, 0.4) is 0 Å². The van der Waals surface area contributed by atoms with Crippen LogP contribution in [0.5, 0.6) is 0 Å². The van der Waals surface area contributed by atoms with Gasteiger partial charge in [0.15, 0.2) is 0 Å². The molecule has 2 N–H and O–H groups in total. The zero-order chi connectivity index (χ0) is 10.3. The number of rotatable bonds is 3. The van der Waals surface area contributed by atoms with E-state index >= 15 is 0 Å². The van der Waals surface area contributed by atoms with E-state index in [1.165, 1.54) is 12.8 Å². The molecule has 1 fully saturated rings. The van der Waals surface area contributed by atoms with Crippen LogP contribution in [-0.4, -0.2) is 19.9 Å². The zero-order valence-corrected chi connectivity index (χ0v) is 8.56. The van der Waals surface area contributed by atoms with Gasteiger partial charge in [-0.25, -0.2) is 9.97 Å². The maximum atomic E-state index is 6.04. The summed E-state index contributed by atoms with van der Waals surface area (Å²) in [6, 6.07) is 2.04. The van der Waals surface area contributed by atoms with E-state index in [0.717, 1.165) is 24.3 Å². The normalized spacial score (nSPS) is 18.2. The maximum absolute atomic E-state index is 6.04. The molecule has 2 heterocycles. The number of hydrogen-bond acceptors (Lipinski definition) is 3. The van der Waals surface area contributed by atoms with Crippen molar-refractivity contribution in [2.45, 2.75) is 31.2 Å². The van der Waals surface area contributed by atoms with Crippen LogP contribution in [0.2, 0.25) is 0 Å². The van der Waals surface area contributed by atoms with Crippen molar-refractivity contribution in [3.05, 3.63) is 30.4 Å². The lowest BCUT2D eigenvalue weighted by atomic mass is 10.1. The molecule has 0 unspecified atom stereocenters. The average molecular weight is 202 g/mol. The minimum absolute atomic E-state index is 0.114. The number of imidazole rings is 1. The lowest BCUT2D eigenvalue weighted by molar-refractivity contribution is 0.603. The Labute approximate surface area is 88.1 Å². The van der Waals surface area contributed by atoms with E-state index in [2.05, 4.69) is 9.97 Å². The Balaban J connectivity index is 1.78. The van der Waals surface area contributed by atoms with Crippen LogP contribution in [0.4, 0.5) is 0 Å². The van der Waals surface area contributed by atoms with Gasteiger partial charge in [0.25, 0.3) is 0 Å². The summed E-state index contributed by atoms with van der Waals surface area (Å²) in [5.74, 6) is 0.773. The number of aromatic nitrogens is 3. The molecule has 0 radical (unpaired) electrons. The van der Waals surface area contributed by atoms with E-state index in [4.69, 9.17) is 5.73 Å². The van der Waals surface area contributed by atoms with Gasteiger partial charge in [-0.1, -0.05) is 0 Å². The van der Waals surface area contributed by atoms with Crippen LogP contribution < -0.4 is 5.73 Å². The molecule has 15 heavy (non-hydrogen) atoms. The van der Waals surface area contributed by atoms with Gasteiger partial charge in [-0.2, -0.15) is 0 Å². The van der Waals surface area contributed by atoms with Crippen LogP contribution >= 0.6 is 0 Å². The Morgan fingerprint density at radius 2 is 2.27 bits per heavy atom. The van der Waals surface area contributed by atoms with Gasteiger partial charge in [0.2, 0.25) is 5.78 Å². The molecule has 0 bridgehead atoms. The fourth-order valence-corrected chi connectivity index (χ4v) is 1.77. The number of nitrogens with zero attached hydrogens (tertiary/aromatic N) is 3. The number of hydrogen-bond donors (Lipinski definition) is 1. The molecular weight excluding hydrogens is 188 g/mol. The third-order valence-corrected chi connectivity index (χ3v) is 3.09. The predicted molar refractivity (Wildman–Crippen MR) is 57.5 cm³/mol. The van der Waals surface area contributed by atoms with Crippen molar-refractivity contribution in [1.29, 1.82) is 0 Å². The molecular formula is C11H14N4. The van der Waals surface area contributed by atoms with Crippen molar-refractivity contribution in [3.63, 3.8) is 0 Å². The first-order valence-corrected chi connectivity index (χ1v) is 5.33. The number of nitrogens with two attached hydrogens (primary N) is 1. The summed E-state index contributed by atoms with van der Waals surface area (Å²) in [7, 11) is 0. The molecule has 0 aliphatic heterocycles. The van der Waals surface area contributed by atoms with Crippen LogP contribution in [-0.2, 0) is 6.42 Å². The van der Waals surface area contributed by atoms with E-state index in [0.29, 0.717) is 0 Å². The molecule has 78 valence electrons. The first kappa shape index (κ1) is 8.85. The molecule has 0 atom stereocenters. The van der Waals surface area contributed by atoms with Gasteiger partial charge in [-0.15, -0.1) is 0 Å². The van der Waals surface area contributed by atoms with E-state index in [-0.39, 0.29) is 5.54 Å². The molecule has 0 aromatic carbocycles. The minimum Gasteiger partial charge on any atom is -0.325 e. The Morgan fingerprint density at radius 3 is 3.07 bits per heavy atom. The fourth-order valence-electron chi connectivity index (χ4n) is 1.77. The van der Waals surface area contributed by atoms with Gasteiger partial charge < -0.3 is 5.73 Å². The monoisotopic (exact) mass is 202 g/mol. The SMILES string of the molecule is NC1(CCc2ccn3ccnc3n2)CC1. The smallest absolute Gasteiger partial charge is 0.233 e. The van der Waals surface area contributed by atoms with Gasteiger partial charge in [0, 0.05) is 29.8 Å². The minimum atomic E-state index is 0.114. The second-order valence-corrected chi connectivity index (χ2v) is 4.42. The van der Waals surface area contributed by atoms with Gasteiger partial charge in [0.05, 0.1) is 0 Å². The molecule has 0 spiro atoms. The Bertz CT molecular complexity index is 484. The van der Waals surface area contributed by atoms with Gasteiger partial charge >= 0.3 is 0 Å². The predicted octanol–water partition coefficient (Wildman–Crippen LogP) is 1.15. The second-order valence-electron chi connectivity index (χ2n) is 4.42. The van der Waals surface area contributed by atoms with E-state index < -0.39 is 0 Å². The zero-order valence-electron chi connectivity index (χ0n) is 8.56. The van der Waals surface area contributed by atoms with Crippen LogP contribution in [0.15, 0.2) is 24.7 Å².